The van der Waals surface area contributed by atoms with Crippen molar-refractivity contribution in [1.29, 1.82) is 0 Å². The van der Waals surface area contributed by atoms with Gasteiger partial charge in [-0.25, -0.2) is 0 Å². The van der Waals surface area contributed by atoms with Crippen LogP contribution in [0, 0.1) is 0 Å². The van der Waals surface area contributed by atoms with Gasteiger partial charge in [0.25, 0.3) is 5.91 Å². The summed E-state index contributed by atoms with van der Waals surface area (Å²) < 4.78 is 5.18. The standard InChI is InChI=1S/C16H29N3O4/c1-11(20)18-7-9-19(10-8-18)13-6-5-12(14(13)21)17-15(22)16(2,3)23-4/h12-14,21H,5-10H2,1-4H3,(H,17,22)/t12-,13-,14-/m1/s1. The van der Waals surface area contributed by atoms with Gasteiger partial charge < -0.3 is 20.1 Å². The van der Waals surface area contributed by atoms with E-state index in [1.54, 1.807) is 20.8 Å². The summed E-state index contributed by atoms with van der Waals surface area (Å²) in [4.78, 5) is 27.6. The molecule has 2 N–H and O–H groups in total. The predicted molar refractivity (Wildman–Crippen MR) is 85.9 cm³/mol. The molecule has 1 aliphatic carbocycles. The Morgan fingerprint density at radius 2 is 1.78 bits per heavy atom. The van der Waals surface area contributed by atoms with Crippen LogP contribution in [0.3, 0.4) is 0 Å². The fourth-order valence-electron chi connectivity index (χ4n) is 3.32. The van der Waals surface area contributed by atoms with E-state index in [4.69, 9.17) is 4.74 Å². The number of carbonyl (C=O) groups is 2. The van der Waals surface area contributed by atoms with Crippen molar-refractivity contribution in [2.75, 3.05) is 33.3 Å². The lowest BCUT2D eigenvalue weighted by molar-refractivity contribution is -0.141. The first-order chi connectivity index (χ1) is 10.8. The molecule has 2 rings (SSSR count). The second-order valence-corrected chi connectivity index (χ2v) is 6.97. The number of carbonyl (C=O) groups excluding carboxylic acids is 2. The Morgan fingerprint density at radius 1 is 1.17 bits per heavy atom. The number of nitrogens with zero attached hydrogens (tertiary/aromatic N) is 2. The molecule has 0 aromatic carbocycles. The van der Waals surface area contributed by atoms with Gasteiger partial charge >= 0.3 is 0 Å². The first kappa shape index (κ1) is 18.2. The summed E-state index contributed by atoms with van der Waals surface area (Å²) >= 11 is 0. The van der Waals surface area contributed by atoms with E-state index >= 15 is 0 Å². The SMILES string of the molecule is COC(C)(C)C(=O)N[C@@H]1CC[C@@H](N2CCN(C(C)=O)CC2)[C@@H]1O. The maximum absolute atomic E-state index is 12.2. The van der Waals surface area contributed by atoms with Crippen molar-refractivity contribution in [3.8, 4) is 0 Å². The number of piperazine rings is 1. The van der Waals surface area contributed by atoms with Gasteiger partial charge in [0.05, 0.1) is 12.1 Å². The molecule has 0 unspecified atom stereocenters. The molecule has 0 spiro atoms. The van der Waals surface area contributed by atoms with Gasteiger partial charge in [-0.1, -0.05) is 0 Å². The maximum Gasteiger partial charge on any atom is 0.251 e. The third-order valence-electron chi connectivity index (χ3n) is 5.18. The van der Waals surface area contributed by atoms with Crippen molar-refractivity contribution in [2.24, 2.45) is 0 Å². The summed E-state index contributed by atoms with van der Waals surface area (Å²) in [6.45, 7) is 7.95. The fraction of sp³-hybridized carbons (Fsp3) is 0.875. The molecule has 0 bridgehead atoms. The highest BCUT2D eigenvalue weighted by molar-refractivity contribution is 5.84. The summed E-state index contributed by atoms with van der Waals surface area (Å²) in [5.41, 5.74) is -0.898. The van der Waals surface area contributed by atoms with Crippen LogP contribution >= 0.6 is 0 Å². The quantitative estimate of drug-likeness (QED) is 0.733. The van der Waals surface area contributed by atoms with Gasteiger partial charge in [-0.05, 0) is 26.7 Å². The first-order valence-electron chi connectivity index (χ1n) is 8.30. The number of aliphatic hydroxyl groups excluding tert-OH is 1. The van der Waals surface area contributed by atoms with Crippen molar-refractivity contribution in [3.63, 3.8) is 0 Å². The third-order valence-corrected chi connectivity index (χ3v) is 5.18. The zero-order valence-electron chi connectivity index (χ0n) is 14.5. The zero-order valence-corrected chi connectivity index (χ0v) is 14.5. The molecule has 1 aliphatic heterocycles. The van der Waals surface area contributed by atoms with Gasteiger partial charge in [0, 0.05) is 46.3 Å². The average molecular weight is 327 g/mol. The Bertz CT molecular complexity index is 447. The van der Waals surface area contributed by atoms with Crippen LogP contribution in [-0.4, -0.2) is 83.8 Å². The van der Waals surface area contributed by atoms with Gasteiger partial charge in [-0.2, -0.15) is 0 Å². The number of ether oxygens (including phenoxy) is 1. The molecule has 3 atom stereocenters. The smallest absolute Gasteiger partial charge is 0.251 e. The number of nitrogens with one attached hydrogen (secondary N) is 1. The van der Waals surface area contributed by atoms with Crippen LogP contribution in [0.25, 0.3) is 0 Å². The lowest BCUT2D eigenvalue weighted by Crippen LogP contribution is -2.56. The minimum absolute atomic E-state index is 0.0417. The average Bonchev–Trinajstić information content (AvgIpc) is 2.88. The van der Waals surface area contributed by atoms with Crippen molar-refractivity contribution in [3.05, 3.63) is 0 Å². The van der Waals surface area contributed by atoms with Crippen molar-refractivity contribution >= 4 is 11.8 Å². The summed E-state index contributed by atoms with van der Waals surface area (Å²) in [6, 6.07) is -0.201. The van der Waals surface area contributed by atoms with E-state index in [-0.39, 0.29) is 23.9 Å². The molecule has 1 saturated carbocycles. The Morgan fingerprint density at radius 3 is 2.30 bits per heavy atom. The monoisotopic (exact) mass is 327 g/mol. The van der Waals surface area contributed by atoms with Gasteiger partial charge in [0.2, 0.25) is 5.91 Å². The zero-order chi connectivity index (χ0) is 17.2. The highest BCUT2D eigenvalue weighted by Gasteiger charge is 2.41. The molecule has 2 fully saturated rings. The van der Waals surface area contributed by atoms with Crippen molar-refractivity contribution < 1.29 is 19.4 Å². The van der Waals surface area contributed by atoms with Crippen LogP contribution in [0.5, 0.6) is 0 Å². The van der Waals surface area contributed by atoms with Gasteiger partial charge in [-0.3, -0.25) is 14.5 Å². The van der Waals surface area contributed by atoms with E-state index < -0.39 is 11.7 Å². The van der Waals surface area contributed by atoms with E-state index in [1.165, 1.54) is 7.11 Å². The van der Waals surface area contributed by atoms with Crippen molar-refractivity contribution in [1.82, 2.24) is 15.1 Å². The Labute approximate surface area is 138 Å². The van der Waals surface area contributed by atoms with Crippen molar-refractivity contribution in [2.45, 2.75) is 57.4 Å². The lowest BCUT2D eigenvalue weighted by Gasteiger charge is -2.39. The molecule has 23 heavy (non-hydrogen) atoms. The number of methoxy groups -OCH3 is 1. The largest absolute Gasteiger partial charge is 0.389 e. The molecule has 2 aliphatic rings. The van der Waals surface area contributed by atoms with Crippen LogP contribution in [0.1, 0.15) is 33.6 Å². The van der Waals surface area contributed by atoms with Crippen LogP contribution in [0.4, 0.5) is 0 Å². The molecular weight excluding hydrogens is 298 g/mol. The number of rotatable bonds is 4. The Hall–Kier alpha value is -1.18. The van der Waals surface area contributed by atoms with Crippen LogP contribution in [-0.2, 0) is 14.3 Å². The second kappa shape index (κ2) is 7.15. The summed E-state index contributed by atoms with van der Waals surface area (Å²) in [5, 5.41) is 13.5. The molecule has 0 radical (unpaired) electrons. The van der Waals surface area contributed by atoms with E-state index in [0.29, 0.717) is 13.1 Å². The topological polar surface area (TPSA) is 82.1 Å². The number of aliphatic hydroxyl groups is 1. The van der Waals surface area contributed by atoms with Gasteiger partial charge in [0.15, 0.2) is 0 Å². The Kier molecular flexibility index (Phi) is 5.65. The van der Waals surface area contributed by atoms with E-state index in [0.717, 1.165) is 25.9 Å². The van der Waals surface area contributed by atoms with E-state index in [2.05, 4.69) is 10.2 Å². The minimum atomic E-state index is -0.898. The van der Waals surface area contributed by atoms with Crippen LogP contribution in [0.15, 0.2) is 0 Å². The summed E-state index contributed by atoms with van der Waals surface area (Å²) in [6.07, 6.45) is 1.01. The highest BCUT2D eigenvalue weighted by Crippen LogP contribution is 2.26. The summed E-state index contributed by atoms with van der Waals surface area (Å²) in [5.74, 6) is -0.102. The predicted octanol–water partition coefficient (Wildman–Crippen LogP) is -0.416. The van der Waals surface area contributed by atoms with Crippen LogP contribution < -0.4 is 5.32 Å². The Balaban J connectivity index is 1.88. The number of amides is 2. The molecule has 132 valence electrons. The molecule has 1 heterocycles. The molecule has 7 heteroatoms. The molecule has 0 aromatic rings. The molecule has 7 nitrogen and oxygen atoms in total. The highest BCUT2D eigenvalue weighted by atomic mass is 16.5. The van der Waals surface area contributed by atoms with E-state index in [1.807, 2.05) is 4.90 Å². The van der Waals surface area contributed by atoms with Gasteiger partial charge in [-0.15, -0.1) is 0 Å². The molecule has 0 aromatic heterocycles. The fourth-order valence-corrected chi connectivity index (χ4v) is 3.32. The lowest BCUT2D eigenvalue weighted by atomic mass is 10.1. The number of hydrogen-bond acceptors (Lipinski definition) is 5. The first-order valence-corrected chi connectivity index (χ1v) is 8.30. The van der Waals surface area contributed by atoms with E-state index in [9.17, 15) is 14.7 Å². The molecular formula is C16H29N3O4. The second-order valence-electron chi connectivity index (χ2n) is 6.97. The minimum Gasteiger partial charge on any atom is -0.389 e. The van der Waals surface area contributed by atoms with Crippen LogP contribution in [0.2, 0.25) is 0 Å². The van der Waals surface area contributed by atoms with Gasteiger partial charge in [0.1, 0.15) is 5.60 Å². The number of hydrogen-bond donors (Lipinski definition) is 2. The third kappa shape index (κ3) is 4.02. The summed E-state index contributed by atoms with van der Waals surface area (Å²) in [7, 11) is 1.50. The normalized spacial score (nSPS) is 29.6. The molecule has 2 amide bonds. The molecule has 1 saturated heterocycles. The maximum atomic E-state index is 12.2.